The summed E-state index contributed by atoms with van der Waals surface area (Å²) in [5, 5.41) is 3.98. The van der Waals surface area contributed by atoms with E-state index in [1.165, 1.54) is 0 Å². The third-order valence-corrected chi connectivity index (χ3v) is 4.67. The molecule has 1 N–H and O–H groups in total. The molecule has 0 saturated carbocycles. The minimum absolute atomic E-state index is 0.112. The largest absolute Gasteiger partial charge is 0.348 e. The first kappa shape index (κ1) is 17.6. The van der Waals surface area contributed by atoms with Crippen LogP contribution in [0.25, 0.3) is 10.9 Å². The molecule has 1 amide bonds. The maximum absolute atomic E-state index is 12.3. The fourth-order valence-corrected chi connectivity index (χ4v) is 3.44. The van der Waals surface area contributed by atoms with Gasteiger partial charge in [-0.15, -0.1) is 0 Å². The van der Waals surface area contributed by atoms with Gasteiger partial charge in [-0.05, 0) is 29.8 Å². The van der Waals surface area contributed by atoms with Crippen LogP contribution in [0.15, 0.2) is 60.7 Å². The second kappa shape index (κ2) is 7.33. The molecule has 3 nitrogen and oxygen atoms in total. The van der Waals surface area contributed by atoms with Gasteiger partial charge in [-0.1, -0.05) is 84.2 Å². The first-order valence-corrected chi connectivity index (χ1v) is 9.62. The van der Waals surface area contributed by atoms with Gasteiger partial charge in [0.1, 0.15) is 0 Å². The number of nitrogens with one attached hydrogen (secondary N) is 1. The average molecular weight is 513 g/mol. The maximum atomic E-state index is 12.3. The Morgan fingerprint density at radius 3 is 2.38 bits per heavy atom. The number of para-hydroxylation sites is 1. The Balaban J connectivity index is 1.91. The number of hydrogen-bond donors (Lipinski definition) is 1. The summed E-state index contributed by atoms with van der Waals surface area (Å²) in [4.78, 5) is 17.0. The smallest absolute Gasteiger partial charge is 0.251 e. The Morgan fingerprint density at radius 1 is 1.00 bits per heavy atom. The lowest BCUT2D eigenvalue weighted by Gasteiger charge is -2.18. The molecule has 2 aromatic carbocycles. The van der Waals surface area contributed by atoms with E-state index in [0.29, 0.717) is 12.1 Å². The van der Waals surface area contributed by atoms with Crippen LogP contribution < -0.4 is 5.32 Å². The molecule has 0 saturated heterocycles. The molecular weight excluding hydrogens is 500 g/mol. The van der Waals surface area contributed by atoms with Crippen LogP contribution in [0.2, 0.25) is 0 Å². The summed E-state index contributed by atoms with van der Waals surface area (Å²) < 4.78 is -0.649. The molecule has 0 radical (unpaired) electrons. The van der Waals surface area contributed by atoms with Crippen LogP contribution >= 0.6 is 47.8 Å². The summed E-state index contributed by atoms with van der Waals surface area (Å²) in [6.07, 6.45) is 0. The predicted octanol–water partition coefficient (Wildman–Crippen LogP) is 5.46. The van der Waals surface area contributed by atoms with Crippen molar-refractivity contribution in [2.75, 3.05) is 0 Å². The summed E-state index contributed by atoms with van der Waals surface area (Å²) in [6.45, 7) is 0.380. The number of carbonyl (C=O) groups excluding carboxylic acids is 1. The first-order chi connectivity index (χ1) is 11.4. The molecule has 1 aromatic heterocycles. The second-order valence-corrected chi connectivity index (χ2v) is 12.0. The minimum Gasteiger partial charge on any atom is -0.348 e. The van der Waals surface area contributed by atoms with Gasteiger partial charge in [0.05, 0.1) is 11.2 Å². The van der Waals surface area contributed by atoms with Gasteiger partial charge in [0, 0.05) is 17.5 Å². The number of carbonyl (C=O) groups is 1. The highest BCUT2D eigenvalue weighted by Crippen LogP contribution is 2.45. The van der Waals surface area contributed by atoms with E-state index >= 15 is 0 Å². The number of rotatable bonds is 3. The highest BCUT2D eigenvalue weighted by atomic mass is 80.0. The molecule has 0 aliphatic carbocycles. The zero-order valence-corrected chi connectivity index (χ0v) is 17.2. The summed E-state index contributed by atoms with van der Waals surface area (Å²) in [5.41, 5.74) is 3.22. The number of halogens is 3. The topological polar surface area (TPSA) is 42.0 Å². The predicted molar refractivity (Wildman–Crippen MR) is 108 cm³/mol. The van der Waals surface area contributed by atoms with E-state index < -0.39 is 2.14 Å². The standard InChI is InChI=1S/C18H13Br3N2O/c19-18(20,21)16-14(10-13-8-4-5-9-15(13)23-16)11-22-17(24)12-6-2-1-3-7-12/h1-10H,11H2,(H,22,24). The van der Waals surface area contributed by atoms with Crippen molar-refractivity contribution >= 4 is 64.6 Å². The average Bonchev–Trinajstić information content (AvgIpc) is 2.58. The van der Waals surface area contributed by atoms with Gasteiger partial charge in [0.15, 0.2) is 2.14 Å². The number of aromatic nitrogens is 1. The van der Waals surface area contributed by atoms with Crippen molar-refractivity contribution in [3.05, 3.63) is 77.5 Å². The molecule has 3 aromatic rings. The Morgan fingerprint density at radius 2 is 1.67 bits per heavy atom. The first-order valence-electron chi connectivity index (χ1n) is 7.24. The van der Waals surface area contributed by atoms with Crippen LogP contribution in [0.4, 0.5) is 0 Å². The van der Waals surface area contributed by atoms with E-state index in [2.05, 4.69) is 53.1 Å². The van der Waals surface area contributed by atoms with Gasteiger partial charge in [-0.3, -0.25) is 4.79 Å². The van der Waals surface area contributed by atoms with Gasteiger partial charge in [0.25, 0.3) is 5.91 Å². The summed E-state index contributed by atoms with van der Waals surface area (Å²) in [7, 11) is 0. The fraction of sp³-hybridized carbons (Fsp3) is 0.111. The summed E-state index contributed by atoms with van der Waals surface area (Å²) >= 11 is 10.6. The quantitative estimate of drug-likeness (QED) is 0.473. The van der Waals surface area contributed by atoms with Crippen molar-refractivity contribution in [1.82, 2.24) is 10.3 Å². The lowest BCUT2D eigenvalue weighted by molar-refractivity contribution is 0.0951. The van der Waals surface area contributed by atoms with Crippen LogP contribution in [0.1, 0.15) is 21.6 Å². The molecule has 122 valence electrons. The number of nitrogens with zero attached hydrogens (tertiary/aromatic N) is 1. The number of pyridine rings is 1. The van der Waals surface area contributed by atoms with Crippen molar-refractivity contribution in [2.24, 2.45) is 0 Å². The van der Waals surface area contributed by atoms with Crippen LogP contribution in [0.3, 0.4) is 0 Å². The van der Waals surface area contributed by atoms with Gasteiger partial charge in [-0.2, -0.15) is 0 Å². The lowest BCUT2D eigenvalue weighted by atomic mass is 10.1. The summed E-state index contributed by atoms with van der Waals surface area (Å²) in [6, 6.07) is 19.1. The molecule has 0 aliphatic heterocycles. The number of hydrogen-bond acceptors (Lipinski definition) is 2. The van der Waals surface area contributed by atoms with E-state index in [1.807, 2.05) is 48.5 Å². The third-order valence-electron chi connectivity index (χ3n) is 3.55. The lowest BCUT2D eigenvalue weighted by Crippen LogP contribution is -2.24. The Hall–Kier alpha value is -1.24. The number of fused-ring (bicyclic) bond motifs is 1. The van der Waals surface area contributed by atoms with Crippen LogP contribution in [-0.2, 0) is 8.69 Å². The highest BCUT2D eigenvalue weighted by molar-refractivity contribution is 9.38. The maximum Gasteiger partial charge on any atom is 0.251 e. The highest BCUT2D eigenvalue weighted by Gasteiger charge is 2.27. The second-order valence-electron chi connectivity index (χ2n) is 5.24. The molecule has 0 unspecified atom stereocenters. The van der Waals surface area contributed by atoms with Crippen molar-refractivity contribution < 1.29 is 4.79 Å². The zero-order chi connectivity index (χ0) is 17.2. The van der Waals surface area contributed by atoms with Crippen molar-refractivity contribution in [1.29, 1.82) is 0 Å². The van der Waals surface area contributed by atoms with E-state index in [9.17, 15) is 4.79 Å². The van der Waals surface area contributed by atoms with Crippen molar-refractivity contribution in [3.63, 3.8) is 0 Å². The molecule has 24 heavy (non-hydrogen) atoms. The zero-order valence-electron chi connectivity index (χ0n) is 12.5. The van der Waals surface area contributed by atoms with Crippen LogP contribution in [-0.4, -0.2) is 10.9 Å². The molecular formula is C18H13Br3N2O. The van der Waals surface area contributed by atoms with Gasteiger partial charge < -0.3 is 5.32 Å². The molecule has 0 spiro atoms. The van der Waals surface area contributed by atoms with Gasteiger partial charge >= 0.3 is 0 Å². The van der Waals surface area contributed by atoms with E-state index in [-0.39, 0.29) is 5.91 Å². The minimum atomic E-state index is -0.649. The normalized spacial score (nSPS) is 11.5. The molecule has 0 fully saturated rings. The molecule has 6 heteroatoms. The van der Waals surface area contributed by atoms with Crippen molar-refractivity contribution in [2.45, 2.75) is 8.69 Å². The number of benzene rings is 2. The van der Waals surface area contributed by atoms with E-state index in [4.69, 9.17) is 4.98 Å². The molecule has 0 aliphatic rings. The van der Waals surface area contributed by atoms with Crippen LogP contribution in [0.5, 0.6) is 0 Å². The SMILES string of the molecule is O=C(NCc1cc2ccccc2nc1C(Br)(Br)Br)c1ccccc1. The Kier molecular flexibility index (Phi) is 5.37. The third kappa shape index (κ3) is 4.05. The van der Waals surface area contributed by atoms with Crippen LogP contribution in [0, 0.1) is 0 Å². The monoisotopic (exact) mass is 510 g/mol. The fourth-order valence-electron chi connectivity index (χ4n) is 2.41. The molecule has 1 heterocycles. The number of alkyl halides is 3. The van der Waals surface area contributed by atoms with E-state index in [0.717, 1.165) is 22.2 Å². The molecule has 0 atom stereocenters. The Labute approximate surface area is 165 Å². The van der Waals surface area contributed by atoms with E-state index in [1.54, 1.807) is 12.1 Å². The molecule has 3 rings (SSSR count). The van der Waals surface area contributed by atoms with Gasteiger partial charge in [0.2, 0.25) is 0 Å². The number of amides is 1. The summed E-state index contributed by atoms with van der Waals surface area (Å²) in [5.74, 6) is -0.112. The van der Waals surface area contributed by atoms with Gasteiger partial charge in [-0.25, -0.2) is 4.98 Å². The Bertz CT molecular complexity index is 876. The van der Waals surface area contributed by atoms with Crippen molar-refractivity contribution in [3.8, 4) is 0 Å². The molecule has 0 bridgehead atoms.